The third kappa shape index (κ3) is 9.48. The van der Waals surface area contributed by atoms with Crippen molar-refractivity contribution in [3.8, 4) is 5.75 Å². The molecule has 0 atom stereocenters. The van der Waals surface area contributed by atoms with E-state index in [1.807, 2.05) is 20.8 Å². The van der Waals surface area contributed by atoms with Crippen LogP contribution in [-0.2, 0) is 11.3 Å². The second-order valence-corrected chi connectivity index (χ2v) is 8.71. The lowest BCUT2D eigenvalue weighted by Crippen LogP contribution is -2.43. The first-order valence-corrected chi connectivity index (χ1v) is 10.4. The molecule has 0 radical (unpaired) electrons. The summed E-state index contributed by atoms with van der Waals surface area (Å²) in [5, 5.41) is 20.9. The van der Waals surface area contributed by atoms with Crippen molar-refractivity contribution < 1.29 is 14.5 Å². The molecule has 0 aliphatic carbocycles. The highest BCUT2D eigenvalue weighted by Gasteiger charge is 2.15. The van der Waals surface area contributed by atoms with Gasteiger partial charge in [-0.25, -0.2) is 0 Å². The lowest BCUT2D eigenvalue weighted by atomic mass is 10.1. The van der Waals surface area contributed by atoms with Crippen LogP contribution in [0.15, 0.2) is 36.4 Å². The fourth-order valence-corrected chi connectivity index (χ4v) is 3.13. The van der Waals surface area contributed by atoms with Crippen molar-refractivity contribution in [1.82, 2.24) is 10.6 Å². The molecule has 3 N–H and O–H groups in total. The van der Waals surface area contributed by atoms with Crippen molar-refractivity contribution >= 4 is 52.9 Å². The van der Waals surface area contributed by atoms with Crippen LogP contribution in [0.2, 0.25) is 10.0 Å². The van der Waals surface area contributed by atoms with E-state index in [4.69, 9.17) is 27.9 Å². The summed E-state index contributed by atoms with van der Waals surface area (Å²) in [6, 6.07) is 9.51. The number of nitrogens with one attached hydrogen (secondary N) is 3. The number of nitrogens with zero attached hydrogens (tertiary/aromatic N) is 1. The van der Waals surface area contributed by atoms with Gasteiger partial charge in [-0.1, -0.05) is 23.2 Å². The average Bonchev–Trinajstić information content (AvgIpc) is 2.66. The Morgan fingerprint density at radius 1 is 1.12 bits per heavy atom. The van der Waals surface area contributed by atoms with Gasteiger partial charge in [-0.3, -0.25) is 14.9 Å². The minimum atomic E-state index is -0.491. The van der Waals surface area contributed by atoms with E-state index in [1.165, 1.54) is 12.1 Å². The van der Waals surface area contributed by atoms with E-state index in [9.17, 15) is 14.9 Å². The van der Waals surface area contributed by atoms with Gasteiger partial charge in [0, 0.05) is 47.9 Å². The number of amides is 1. The molecular weight excluding hydrogens is 479 g/mol. The molecule has 0 aliphatic rings. The molecule has 0 saturated carbocycles. The van der Waals surface area contributed by atoms with Crippen LogP contribution >= 0.6 is 35.6 Å². The Hall–Kier alpha value is -2.26. The number of nitro benzene ring substituents is 1. The fourth-order valence-electron chi connectivity index (χ4n) is 2.69. The first kappa shape index (κ1) is 27.8. The first-order chi connectivity index (χ1) is 14.5. The number of halogens is 3. The highest BCUT2D eigenvalue weighted by atomic mass is 35.5. The second-order valence-electron chi connectivity index (χ2n) is 7.86. The van der Waals surface area contributed by atoms with Crippen LogP contribution in [0.4, 0.5) is 11.4 Å². The molecule has 2 aromatic carbocycles. The molecule has 1 amide bonds. The number of benzene rings is 2. The van der Waals surface area contributed by atoms with Gasteiger partial charge >= 0.3 is 0 Å². The SMILES string of the molecule is CC(C)(C)NC(=O)COc1ccc(Cl)cc1CNCCNc1ccc([N+](=O)[O-])cc1Cl.Cl. The van der Waals surface area contributed by atoms with Crippen molar-refractivity contribution in [2.75, 3.05) is 25.0 Å². The summed E-state index contributed by atoms with van der Waals surface area (Å²) in [7, 11) is 0. The molecule has 0 aliphatic heterocycles. The maximum atomic E-state index is 12.0. The van der Waals surface area contributed by atoms with Gasteiger partial charge in [-0.05, 0) is 45.0 Å². The van der Waals surface area contributed by atoms with Crippen molar-refractivity contribution in [1.29, 1.82) is 0 Å². The Morgan fingerprint density at radius 3 is 2.47 bits per heavy atom. The largest absolute Gasteiger partial charge is 0.483 e. The number of carbonyl (C=O) groups excluding carboxylic acids is 1. The van der Waals surface area contributed by atoms with Crippen LogP contribution in [0.5, 0.6) is 5.75 Å². The molecule has 0 bridgehead atoms. The molecule has 11 heteroatoms. The Bertz CT molecular complexity index is 936. The lowest BCUT2D eigenvalue weighted by molar-refractivity contribution is -0.384. The molecule has 0 heterocycles. The predicted molar refractivity (Wildman–Crippen MR) is 130 cm³/mol. The topological polar surface area (TPSA) is 106 Å². The molecule has 0 aromatic heterocycles. The second kappa shape index (κ2) is 12.7. The Balaban J connectivity index is 0.00000512. The lowest BCUT2D eigenvalue weighted by Gasteiger charge is -2.21. The maximum absolute atomic E-state index is 12.0. The number of rotatable bonds is 10. The normalized spacial score (nSPS) is 10.8. The van der Waals surface area contributed by atoms with Gasteiger partial charge in [0.1, 0.15) is 5.75 Å². The minimum Gasteiger partial charge on any atom is -0.483 e. The Morgan fingerprint density at radius 2 is 1.84 bits per heavy atom. The molecule has 0 unspecified atom stereocenters. The molecular formula is C21H27Cl3N4O4. The van der Waals surface area contributed by atoms with E-state index in [0.29, 0.717) is 36.1 Å². The van der Waals surface area contributed by atoms with E-state index >= 15 is 0 Å². The third-order valence-electron chi connectivity index (χ3n) is 3.99. The van der Waals surface area contributed by atoms with Gasteiger partial charge in [-0.15, -0.1) is 12.4 Å². The molecule has 2 rings (SSSR count). The molecule has 0 saturated heterocycles. The number of ether oxygens (including phenoxy) is 1. The predicted octanol–water partition coefficient (Wildman–Crippen LogP) is 4.82. The summed E-state index contributed by atoms with van der Waals surface area (Å²) in [6.45, 7) is 7.23. The van der Waals surface area contributed by atoms with Gasteiger partial charge in [0.15, 0.2) is 6.61 Å². The zero-order valence-corrected chi connectivity index (χ0v) is 20.4. The number of non-ortho nitro benzene ring substituents is 1. The third-order valence-corrected chi connectivity index (χ3v) is 4.54. The average molecular weight is 506 g/mol. The van der Waals surface area contributed by atoms with E-state index in [0.717, 1.165) is 5.56 Å². The quantitative estimate of drug-likeness (QED) is 0.243. The monoisotopic (exact) mass is 504 g/mol. The molecule has 176 valence electrons. The standard InChI is InChI=1S/C21H26Cl2N4O4.ClH/c1-21(2,3)26-20(28)13-31-19-7-4-15(22)10-14(19)12-24-8-9-25-18-6-5-16(27(29)30)11-17(18)23;/h4-7,10-11,24-25H,8-9,12-13H2,1-3H3,(H,26,28);1H. The molecule has 8 nitrogen and oxygen atoms in total. The number of hydrogen-bond acceptors (Lipinski definition) is 6. The van der Waals surface area contributed by atoms with Gasteiger partial charge in [0.25, 0.3) is 11.6 Å². The van der Waals surface area contributed by atoms with Crippen LogP contribution in [0.25, 0.3) is 0 Å². The summed E-state index contributed by atoms with van der Waals surface area (Å²) in [6.07, 6.45) is 0. The molecule has 0 fully saturated rings. The summed E-state index contributed by atoms with van der Waals surface area (Å²) in [5.74, 6) is 0.373. The highest BCUT2D eigenvalue weighted by Crippen LogP contribution is 2.26. The van der Waals surface area contributed by atoms with E-state index in [2.05, 4.69) is 16.0 Å². The number of carbonyl (C=O) groups is 1. The van der Waals surface area contributed by atoms with Crippen molar-refractivity contribution in [2.24, 2.45) is 0 Å². The zero-order valence-electron chi connectivity index (χ0n) is 18.0. The van der Waals surface area contributed by atoms with Crippen LogP contribution < -0.4 is 20.7 Å². The summed E-state index contributed by atoms with van der Waals surface area (Å²) >= 11 is 12.2. The Kier molecular flexibility index (Phi) is 11.0. The number of anilines is 1. The molecule has 32 heavy (non-hydrogen) atoms. The zero-order chi connectivity index (χ0) is 23.0. The summed E-state index contributed by atoms with van der Waals surface area (Å²) in [5.41, 5.74) is 1.05. The minimum absolute atomic E-state index is 0. The van der Waals surface area contributed by atoms with Crippen molar-refractivity contribution in [3.63, 3.8) is 0 Å². The molecule has 2 aromatic rings. The van der Waals surface area contributed by atoms with E-state index < -0.39 is 4.92 Å². The highest BCUT2D eigenvalue weighted by molar-refractivity contribution is 6.33. The van der Waals surface area contributed by atoms with Gasteiger partial charge in [0.05, 0.1) is 15.6 Å². The van der Waals surface area contributed by atoms with E-state index in [-0.39, 0.29) is 41.2 Å². The number of nitro groups is 1. The summed E-state index contributed by atoms with van der Waals surface area (Å²) in [4.78, 5) is 22.3. The van der Waals surface area contributed by atoms with Crippen LogP contribution in [0, 0.1) is 10.1 Å². The maximum Gasteiger partial charge on any atom is 0.271 e. The van der Waals surface area contributed by atoms with Crippen LogP contribution in [0.3, 0.4) is 0 Å². The molecule has 0 spiro atoms. The fraction of sp³-hybridized carbons (Fsp3) is 0.381. The Labute approximate surface area is 203 Å². The van der Waals surface area contributed by atoms with Gasteiger partial charge < -0.3 is 20.7 Å². The van der Waals surface area contributed by atoms with Gasteiger partial charge in [0.2, 0.25) is 0 Å². The number of hydrogen-bond donors (Lipinski definition) is 3. The van der Waals surface area contributed by atoms with Crippen molar-refractivity contribution in [2.45, 2.75) is 32.9 Å². The van der Waals surface area contributed by atoms with Crippen LogP contribution in [-0.4, -0.2) is 36.1 Å². The van der Waals surface area contributed by atoms with E-state index in [1.54, 1.807) is 24.3 Å². The van der Waals surface area contributed by atoms with Crippen LogP contribution in [0.1, 0.15) is 26.3 Å². The summed E-state index contributed by atoms with van der Waals surface area (Å²) < 4.78 is 5.67. The van der Waals surface area contributed by atoms with Crippen molar-refractivity contribution in [3.05, 3.63) is 62.1 Å². The van der Waals surface area contributed by atoms with Gasteiger partial charge in [-0.2, -0.15) is 0 Å². The first-order valence-electron chi connectivity index (χ1n) is 9.66. The smallest absolute Gasteiger partial charge is 0.271 e.